The quantitative estimate of drug-likeness (QED) is 0.550. The second kappa shape index (κ2) is 5.52. The number of fused-ring (bicyclic) bond motifs is 1. The van der Waals surface area contributed by atoms with Crippen LogP contribution in [0.2, 0.25) is 0 Å². The van der Waals surface area contributed by atoms with Gasteiger partial charge in [-0.3, -0.25) is 0 Å². The zero-order valence-electron chi connectivity index (χ0n) is 10.9. The predicted molar refractivity (Wildman–Crippen MR) is 78.8 cm³/mol. The molecule has 0 saturated carbocycles. The zero-order chi connectivity index (χ0) is 13.8. The Labute approximate surface area is 116 Å². The second-order valence-electron chi connectivity index (χ2n) is 4.30. The van der Waals surface area contributed by atoms with Crippen molar-refractivity contribution >= 4 is 22.8 Å². The Morgan fingerprint density at radius 2 is 1.90 bits per heavy atom. The number of para-hydroxylation sites is 4. The molecule has 0 bridgehead atoms. The van der Waals surface area contributed by atoms with Crippen LogP contribution in [0.5, 0.6) is 5.75 Å². The lowest BCUT2D eigenvalue weighted by atomic mass is 10.3. The number of oxazole rings is 1. The number of rotatable bonds is 5. The fourth-order valence-corrected chi connectivity index (χ4v) is 1.88. The Hall–Kier alpha value is -2.69. The number of ether oxygens (including phenoxy) is 1. The molecule has 0 spiro atoms. The maximum atomic E-state index is 5.79. The van der Waals surface area contributed by atoms with Crippen LogP contribution in [-0.4, -0.2) is 18.1 Å². The third-order valence-corrected chi connectivity index (χ3v) is 2.85. The molecule has 0 amide bonds. The standard InChI is InChI=1S/C15H15N3O2/c16-11-5-1-3-7-13(11)19-10-9-17-15-18-12-6-2-4-8-14(12)20-15/h1-8H,9-10,16H2,(H,17,18). The number of nitrogens with two attached hydrogens (primary N) is 1. The first-order valence-electron chi connectivity index (χ1n) is 6.40. The van der Waals surface area contributed by atoms with Crippen molar-refractivity contribution in [2.24, 2.45) is 0 Å². The Morgan fingerprint density at radius 1 is 1.10 bits per heavy atom. The first kappa shape index (κ1) is 12.3. The van der Waals surface area contributed by atoms with Gasteiger partial charge in [0.05, 0.1) is 12.2 Å². The maximum Gasteiger partial charge on any atom is 0.295 e. The van der Waals surface area contributed by atoms with E-state index < -0.39 is 0 Å². The molecule has 3 aromatic rings. The Balaban J connectivity index is 1.54. The van der Waals surface area contributed by atoms with Crippen LogP contribution in [0.3, 0.4) is 0 Å². The van der Waals surface area contributed by atoms with E-state index in [0.717, 1.165) is 11.1 Å². The summed E-state index contributed by atoms with van der Waals surface area (Å²) in [5.74, 6) is 0.687. The first-order chi connectivity index (χ1) is 9.83. The lowest BCUT2D eigenvalue weighted by Gasteiger charge is -2.08. The third-order valence-electron chi connectivity index (χ3n) is 2.85. The third kappa shape index (κ3) is 2.66. The molecule has 1 aromatic heterocycles. The molecule has 0 unspecified atom stereocenters. The van der Waals surface area contributed by atoms with E-state index in [2.05, 4.69) is 10.3 Å². The van der Waals surface area contributed by atoms with Crippen molar-refractivity contribution in [3.8, 4) is 5.75 Å². The highest BCUT2D eigenvalue weighted by atomic mass is 16.5. The van der Waals surface area contributed by atoms with Crippen LogP contribution in [0, 0.1) is 0 Å². The molecule has 0 saturated heterocycles. The second-order valence-corrected chi connectivity index (χ2v) is 4.30. The number of nitrogens with one attached hydrogen (secondary N) is 1. The number of nitrogen functional groups attached to an aromatic ring is 1. The fourth-order valence-electron chi connectivity index (χ4n) is 1.88. The van der Waals surface area contributed by atoms with Gasteiger partial charge in [0.15, 0.2) is 5.58 Å². The summed E-state index contributed by atoms with van der Waals surface area (Å²) < 4.78 is 11.1. The molecule has 3 N–H and O–H groups in total. The highest BCUT2D eigenvalue weighted by molar-refractivity contribution is 5.74. The van der Waals surface area contributed by atoms with E-state index in [4.69, 9.17) is 14.9 Å². The van der Waals surface area contributed by atoms with Gasteiger partial charge in [0.1, 0.15) is 17.9 Å². The number of hydrogen-bond donors (Lipinski definition) is 2. The molecule has 0 atom stereocenters. The Morgan fingerprint density at radius 3 is 2.75 bits per heavy atom. The van der Waals surface area contributed by atoms with E-state index in [9.17, 15) is 0 Å². The number of benzene rings is 2. The highest BCUT2D eigenvalue weighted by Crippen LogP contribution is 2.20. The molecule has 0 aliphatic rings. The minimum atomic E-state index is 0.479. The monoisotopic (exact) mass is 269 g/mol. The average Bonchev–Trinajstić information content (AvgIpc) is 2.88. The van der Waals surface area contributed by atoms with Crippen molar-refractivity contribution < 1.29 is 9.15 Å². The molecule has 20 heavy (non-hydrogen) atoms. The van der Waals surface area contributed by atoms with Gasteiger partial charge in [-0.05, 0) is 24.3 Å². The predicted octanol–water partition coefficient (Wildman–Crippen LogP) is 2.90. The molecule has 102 valence electrons. The summed E-state index contributed by atoms with van der Waals surface area (Å²) >= 11 is 0. The van der Waals surface area contributed by atoms with Crippen molar-refractivity contribution in [3.05, 3.63) is 48.5 Å². The molecular weight excluding hydrogens is 254 g/mol. The van der Waals surface area contributed by atoms with Crippen LogP contribution < -0.4 is 15.8 Å². The Bertz CT molecular complexity index is 676. The molecule has 1 heterocycles. The molecule has 3 rings (SSSR count). The molecule has 5 nitrogen and oxygen atoms in total. The van der Waals surface area contributed by atoms with Crippen molar-refractivity contribution in [3.63, 3.8) is 0 Å². The molecule has 0 radical (unpaired) electrons. The summed E-state index contributed by atoms with van der Waals surface area (Å²) in [5.41, 5.74) is 8.03. The van der Waals surface area contributed by atoms with Crippen LogP contribution in [0.25, 0.3) is 11.1 Å². The summed E-state index contributed by atoms with van der Waals surface area (Å²) in [6.07, 6.45) is 0. The zero-order valence-corrected chi connectivity index (χ0v) is 10.9. The molecule has 0 fully saturated rings. The van der Waals surface area contributed by atoms with Gasteiger partial charge in [-0.15, -0.1) is 0 Å². The minimum absolute atomic E-state index is 0.479. The summed E-state index contributed by atoms with van der Waals surface area (Å²) in [6.45, 7) is 1.06. The average molecular weight is 269 g/mol. The van der Waals surface area contributed by atoms with E-state index in [-0.39, 0.29) is 0 Å². The topological polar surface area (TPSA) is 73.3 Å². The van der Waals surface area contributed by atoms with Gasteiger partial charge < -0.3 is 20.2 Å². The van der Waals surface area contributed by atoms with Crippen LogP contribution in [0.4, 0.5) is 11.7 Å². The van der Waals surface area contributed by atoms with E-state index in [1.54, 1.807) is 0 Å². The molecule has 0 aliphatic carbocycles. The molecule has 5 heteroatoms. The van der Waals surface area contributed by atoms with Gasteiger partial charge in [-0.2, -0.15) is 4.98 Å². The van der Waals surface area contributed by atoms with E-state index in [0.29, 0.717) is 30.6 Å². The largest absolute Gasteiger partial charge is 0.490 e. The summed E-state index contributed by atoms with van der Waals surface area (Å²) in [7, 11) is 0. The fraction of sp³-hybridized carbons (Fsp3) is 0.133. The smallest absolute Gasteiger partial charge is 0.295 e. The van der Waals surface area contributed by atoms with Crippen molar-refractivity contribution in [2.45, 2.75) is 0 Å². The van der Waals surface area contributed by atoms with E-state index in [1.807, 2.05) is 48.5 Å². The van der Waals surface area contributed by atoms with Crippen LogP contribution in [-0.2, 0) is 0 Å². The molecular formula is C15H15N3O2. The van der Waals surface area contributed by atoms with Crippen molar-refractivity contribution in [1.29, 1.82) is 0 Å². The van der Waals surface area contributed by atoms with Gasteiger partial charge >= 0.3 is 0 Å². The van der Waals surface area contributed by atoms with Crippen LogP contribution in [0.15, 0.2) is 52.9 Å². The first-order valence-corrected chi connectivity index (χ1v) is 6.40. The maximum absolute atomic E-state index is 5.79. The molecule has 0 aliphatic heterocycles. The lowest BCUT2D eigenvalue weighted by molar-refractivity contribution is 0.333. The van der Waals surface area contributed by atoms with Crippen LogP contribution in [0.1, 0.15) is 0 Å². The minimum Gasteiger partial charge on any atom is -0.490 e. The number of hydrogen-bond acceptors (Lipinski definition) is 5. The van der Waals surface area contributed by atoms with Gasteiger partial charge in [0, 0.05) is 0 Å². The summed E-state index contributed by atoms with van der Waals surface area (Å²) in [5, 5.41) is 3.08. The van der Waals surface area contributed by atoms with E-state index in [1.165, 1.54) is 0 Å². The van der Waals surface area contributed by atoms with E-state index >= 15 is 0 Å². The summed E-state index contributed by atoms with van der Waals surface area (Å²) in [4.78, 5) is 4.32. The number of nitrogens with zero attached hydrogens (tertiary/aromatic N) is 1. The van der Waals surface area contributed by atoms with Gasteiger partial charge in [-0.25, -0.2) is 0 Å². The lowest BCUT2D eigenvalue weighted by Crippen LogP contribution is -2.12. The highest BCUT2D eigenvalue weighted by Gasteiger charge is 2.04. The van der Waals surface area contributed by atoms with Crippen molar-refractivity contribution in [1.82, 2.24) is 4.98 Å². The van der Waals surface area contributed by atoms with Crippen molar-refractivity contribution in [2.75, 3.05) is 24.2 Å². The Kier molecular flexibility index (Phi) is 3.41. The SMILES string of the molecule is Nc1ccccc1OCCNc1nc2ccccc2o1. The summed E-state index contributed by atoms with van der Waals surface area (Å²) in [6, 6.07) is 15.5. The van der Waals surface area contributed by atoms with Gasteiger partial charge in [-0.1, -0.05) is 24.3 Å². The van der Waals surface area contributed by atoms with Crippen LogP contribution >= 0.6 is 0 Å². The van der Waals surface area contributed by atoms with Gasteiger partial charge in [0.2, 0.25) is 0 Å². The molecule has 2 aromatic carbocycles. The number of aromatic nitrogens is 1. The van der Waals surface area contributed by atoms with Gasteiger partial charge in [0.25, 0.3) is 6.01 Å². The normalized spacial score (nSPS) is 10.6. The number of anilines is 2.